The predicted molar refractivity (Wildman–Crippen MR) is 83.6 cm³/mol. The Hall–Kier alpha value is -0.610. The van der Waals surface area contributed by atoms with Gasteiger partial charge in [0, 0.05) is 21.0 Å². The largest absolute Gasteiger partial charge is 0.307 e. The molecule has 0 aliphatic rings. The van der Waals surface area contributed by atoms with Crippen LogP contribution < -0.4 is 5.32 Å². The molecule has 102 valence electrons. The normalized spacial score (nSPS) is 12.9. The first-order valence-corrected chi connectivity index (χ1v) is 7.74. The van der Waals surface area contributed by atoms with Crippen LogP contribution in [0.2, 0.25) is 10.0 Å². The number of aromatic nitrogens is 1. The molecular formula is C14H16Cl2N2S. The van der Waals surface area contributed by atoms with Crippen LogP contribution in [0.4, 0.5) is 0 Å². The molecule has 1 N–H and O–H groups in total. The van der Waals surface area contributed by atoms with Gasteiger partial charge in [-0.1, -0.05) is 43.1 Å². The number of benzene rings is 1. The molecule has 1 aromatic carbocycles. The van der Waals surface area contributed by atoms with E-state index in [-0.39, 0.29) is 6.04 Å². The molecule has 1 heterocycles. The van der Waals surface area contributed by atoms with Crippen LogP contribution in [0.15, 0.2) is 23.6 Å². The molecule has 0 spiro atoms. The molecule has 0 amide bonds. The van der Waals surface area contributed by atoms with Gasteiger partial charge in [-0.2, -0.15) is 0 Å². The molecule has 2 rings (SSSR count). The average Bonchev–Trinajstić information content (AvgIpc) is 2.83. The fraction of sp³-hybridized carbons (Fsp3) is 0.357. The number of rotatable bonds is 4. The molecule has 0 saturated heterocycles. The molecule has 0 aliphatic heterocycles. The van der Waals surface area contributed by atoms with Gasteiger partial charge >= 0.3 is 0 Å². The molecule has 2 nitrogen and oxygen atoms in total. The lowest BCUT2D eigenvalue weighted by Crippen LogP contribution is -2.18. The fourth-order valence-electron chi connectivity index (χ4n) is 1.88. The number of nitrogens with one attached hydrogen (secondary N) is 1. The topological polar surface area (TPSA) is 24.9 Å². The van der Waals surface area contributed by atoms with Crippen molar-refractivity contribution in [3.63, 3.8) is 0 Å². The molecular weight excluding hydrogens is 299 g/mol. The molecule has 0 fully saturated rings. The summed E-state index contributed by atoms with van der Waals surface area (Å²) in [5, 5.41) is 7.65. The second kappa shape index (κ2) is 6.23. The first-order valence-electron chi connectivity index (χ1n) is 6.11. The van der Waals surface area contributed by atoms with Gasteiger partial charge in [-0.3, -0.25) is 0 Å². The van der Waals surface area contributed by atoms with Crippen molar-refractivity contribution in [3.05, 3.63) is 49.9 Å². The van der Waals surface area contributed by atoms with Crippen molar-refractivity contribution in [3.8, 4) is 0 Å². The zero-order valence-corrected chi connectivity index (χ0v) is 13.4. The minimum absolute atomic E-state index is 0.0706. The van der Waals surface area contributed by atoms with Crippen molar-refractivity contribution in [1.82, 2.24) is 10.3 Å². The van der Waals surface area contributed by atoms with Gasteiger partial charge in [0.15, 0.2) is 0 Å². The van der Waals surface area contributed by atoms with Gasteiger partial charge in [-0.15, -0.1) is 11.3 Å². The Balaban J connectivity index is 2.44. The summed E-state index contributed by atoms with van der Waals surface area (Å²) < 4.78 is 0. The minimum atomic E-state index is -0.0706. The summed E-state index contributed by atoms with van der Waals surface area (Å²) in [7, 11) is 1.89. The molecule has 5 heteroatoms. The van der Waals surface area contributed by atoms with E-state index in [1.807, 2.05) is 25.2 Å². The molecule has 1 atom stereocenters. The van der Waals surface area contributed by atoms with Crippen molar-refractivity contribution in [1.29, 1.82) is 0 Å². The van der Waals surface area contributed by atoms with Gasteiger partial charge in [0.05, 0.1) is 11.7 Å². The van der Waals surface area contributed by atoms with Gasteiger partial charge < -0.3 is 5.32 Å². The molecule has 0 radical (unpaired) electrons. The lowest BCUT2D eigenvalue weighted by atomic mass is 10.1. The molecule has 2 aromatic rings. The zero-order valence-electron chi connectivity index (χ0n) is 11.1. The van der Waals surface area contributed by atoms with Crippen LogP contribution in [0.3, 0.4) is 0 Å². The minimum Gasteiger partial charge on any atom is -0.307 e. The Bertz CT molecular complexity index is 546. The van der Waals surface area contributed by atoms with Crippen LogP contribution in [0.1, 0.15) is 42.1 Å². The Morgan fingerprint density at radius 1 is 1.21 bits per heavy atom. The first kappa shape index (κ1) is 14.8. The smallest absolute Gasteiger partial charge is 0.115 e. The number of hydrogen-bond acceptors (Lipinski definition) is 3. The van der Waals surface area contributed by atoms with Crippen molar-refractivity contribution >= 4 is 34.5 Å². The zero-order chi connectivity index (χ0) is 14.0. The van der Waals surface area contributed by atoms with E-state index in [0.29, 0.717) is 16.0 Å². The van der Waals surface area contributed by atoms with Crippen LogP contribution >= 0.6 is 34.5 Å². The van der Waals surface area contributed by atoms with E-state index in [1.165, 1.54) is 0 Å². The highest BCUT2D eigenvalue weighted by Crippen LogP contribution is 2.35. The van der Waals surface area contributed by atoms with Crippen LogP contribution in [0.5, 0.6) is 0 Å². The summed E-state index contributed by atoms with van der Waals surface area (Å²) in [6.07, 6.45) is 0. The molecule has 19 heavy (non-hydrogen) atoms. The Morgan fingerprint density at radius 3 is 2.32 bits per heavy atom. The van der Waals surface area contributed by atoms with Gasteiger partial charge in [0.2, 0.25) is 0 Å². The van der Waals surface area contributed by atoms with E-state index in [9.17, 15) is 0 Å². The number of halogens is 2. The highest BCUT2D eigenvalue weighted by atomic mass is 35.5. The highest BCUT2D eigenvalue weighted by Gasteiger charge is 2.21. The SMILES string of the molecule is CNC(c1nc(C(C)C)cs1)c1c(Cl)cccc1Cl. The van der Waals surface area contributed by atoms with E-state index >= 15 is 0 Å². The standard InChI is InChI=1S/C14H16Cl2N2S/c1-8(2)11-7-19-14(18-11)13(17-3)12-9(15)5-4-6-10(12)16/h4-8,13,17H,1-3H3. The highest BCUT2D eigenvalue weighted by molar-refractivity contribution is 7.09. The van der Waals surface area contributed by atoms with Crippen LogP contribution in [0.25, 0.3) is 0 Å². The van der Waals surface area contributed by atoms with E-state index in [2.05, 4.69) is 29.5 Å². The monoisotopic (exact) mass is 314 g/mol. The second-order valence-corrected chi connectivity index (χ2v) is 6.33. The van der Waals surface area contributed by atoms with E-state index in [1.54, 1.807) is 11.3 Å². The third-order valence-electron chi connectivity index (χ3n) is 2.96. The molecule has 0 saturated carbocycles. The Labute approximate surface area is 127 Å². The summed E-state index contributed by atoms with van der Waals surface area (Å²) in [6, 6.07) is 5.48. The fourth-order valence-corrected chi connectivity index (χ4v) is 3.59. The second-order valence-electron chi connectivity index (χ2n) is 4.62. The summed E-state index contributed by atoms with van der Waals surface area (Å²) in [4.78, 5) is 4.68. The van der Waals surface area contributed by atoms with Gasteiger partial charge in [0.25, 0.3) is 0 Å². The quantitative estimate of drug-likeness (QED) is 0.869. The average molecular weight is 315 g/mol. The van der Waals surface area contributed by atoms with Crippen LogP contribution in [0, 0.1) is 0 Å². The maximum absolute atomic E-state index is 6.27. The maximum atomic E-state index is 6.27. The van der Waals surface area contributed by atoms with Crippen LogP contribution in [-0.2, 0) is 0 Å². The number of hydrogen-bond donors (Lipinski definition) is 1. The maximum Gasteiger partial charge on any atom is 0.115 e. The summed E-state index contributed by atoms with van der Waals surface area (Å²) in [6.45, 7) is 4.27. The van der Waals surface area contributed by atoms with Crippen molar-refractivity contribution < 1.29 is 0 Å². The summed E-state index contributed by atoms with van der Waals surface area (Å²) >= 11 is 14.2. The Morgan fingerprint density at radius 2 is 1.84 bits per heavy atom. The molecule has 1 aromatic heterocycles. The van der Waals surface area contributed by atoms with E-state index in [4.69, 9.17) is 23.2 Å². The number of nitrogens with zero attached hydrogens (tertiary/aromatic N) is 1. The van der Waals surface area contributed by atoms with Crippen molar-refractivity contribution in [2.75, 3.05) is 7.05 Å². The number of thiazole rings is 1. The summed E-state index contributed by atoms with van der Waals surface area (Å²) in [5.74, 6) is 0.421. The summed E-state index contributed by atoms with van der Waals surface area (Å²) in [5.41, 5.74) is 1.99. The van der Waals surface area contributed by atoms with E-state index < -0.39 is 0 Å². The third kappa shape index (κ3) is 3.11. The van der Waals surface area contributed by atoms with Crippen LogP contribution in [-0.4, -0.2) is 12.0 Å². The molecule has 1 unspecified atom stereocenters. The third-order valence-corrected chi connectivity index (χ3v) is 4.54. The van der Waals surface area contributed by atoms with Gasteiger partial charge in [-0.05, 0) is 25.1 Å². The van der Waals surface area contributed by atoms with Gasteiger partial charge in [0.1, 0.15) is 5.01 Å². The van der Waals surface area contributed by atoms with Crippen molar-refractivity contribution in [2.45, 2.75) is 25.8 Å². The first-order chi connectivity index (χ1) is 9.04. The van der Waals surface area contributed by atoms with Gasteiger partial charge in [-0.25, -0.2) is 4.98 Å². The van der Waals surface area contributed by atoms with E-state index in [0.717, 1.165) is 16.3 Å². The molecule has 0 aliphatic carbocycles. The van der Waals surface area contributed by atoms with Crippen molar-refractivity contribution in [2.24, 2.45) is 0 Å². The molecule has 0 bridgehead atoms. The Kier molecular flexibility index (Phi) is 4.85. The predicted octanol–water partition coefficient (Wildman–Crippen LogP) is 4.88. The lowest BCUT2D eigenvalue weighted by molar-refractivity contribution is 0.679. The lowest BCUT2D eigenvalue weighted by Gasteiger charge is -2.17.